The summed E-state index contributed by atoms with van der Waals surface area (Å²) in [5, 5.41) is 4.62. The van der Waals surface area contributed by atoms with Crippen LogP contribution in [0, 0.1) is 0 Å². The highest BCUT2D eigenvalue weighted by Crippen LogP contribution is 2.42. The van der Waals surface area contributed by atoms with Crippen LogP contribution in [0.2, 0.25) is 0 Å². The lowest BCUT2D eigenvalue weighted by molar-refractivity contribution is 0.134. The third-order valence-corrected chi connectivity index (χ3v) is 3.88. The lowest BCUT2D eigenvalue weighted by Gasteiger charge is -2.07. The van der Waals surface area contributed by atoms with Crippen LogP contribution in [-0.2, 0) is 17.9 Å². The third-order valence-electron chi connectivity index (χ3n) is 2.84. The molecular formula is C13H22N2OS. The summed E-state index contributed by atoms with van der Waals surface area (Å²) in [7, 11) is 0. The normalized spacial score (nSPS) is 15.8. The number of rotatable bonds is 7. The van der Waals surface area contributed by atoms with Gasteiger partial charge in [0.15, 0.2) is 0 Å². The van der Waals surface area contributed by atoms with E-state index in [1.54, 1.807) is 0 Å². The molecule has 0 radical (unpaired) electrons. The van der Waals surface area contributed by atoms with Crippen molar-refractivity contribution in [2.45, 2.75) is 58.7 Å². The second-order valence-electron chi connectivity index (χ2n) is 4.86. The number of ether oxygens (including phenoxy) is 1. The fourth-order valence-electron chi connectivity index (χ4n) is 1.76. The van der Waals surface area contributed by atoms with E-state index < -0.39 is 0 Å². The van der Waals surface area contributed by atoms with Gasteiger partial charge in [0, 0.05) is 30.0 Å². The number of thiazole rings is 1. The second-order valence-corrected chi connectivity index (χ2v) is 6.03. The topological polar surface area (TPSA) is 34.1 Å². The monoisotopic (exact) mass is 254 g/mol. The Morgan fingerprint density at radius 2 is 2.24 bits per heavy atom. The molecule has 0 unspecified atom stereocenters. The van der Waals surface area contributed by atoms with Gasteiger partial charge < -0.3 is 10.1 Å². The third kappa shape index (κ3) is 3.76. The van der Waals surface area contributed by atoms with Crippen molar-refractivity contribution in [2.75, 3.05) is 6.61 Å². The summed E-state index contributed by atoms with van der Waals surface area (Å²) in [5.74, 6) is 0.727. The lowest BCUT2D eigenvalue weighted by Crippen LogP contribution is -2.21. The van der Waals surface area contributed by atoms with Crippen molar-refractivity contribution in [3.63, 3.8) is 0 Å². The van der Waals surface area contributed by atoms with Gasteiger partial charge in [0.1, 0.15) is 5.01 Å². The highest BCUT2D eigenvalue weighted by atomic mass is 32.1. The minimum atomic E-state index is 0.527. The first-order valence-electron chi connectivity index (χ1n) is 6.50. The summed E-state index contributed by atoms with van der Waals surface area (Å²) < 4.78 is 5.44. The Morgan fingerprint density at radius 3 is 2.82 bits per heavy atom. The minimum absolute atomic E-state index is 0.527. The molecule has 96 valence electrons. The average molecular weight is 254 g/mol. The Labute approximate surface area is 108 Å². The van der Waals surface area contributed by atoms with E-state index in [2.05, 4.69) is 19.2 Å². The Hall–Kier alpha value is -0.450. The molecule has 0 saturated heterocycles. The van der Waals surface area contributed by atoms with Gasteiger partial charge in [-0.05, 0) is 19.8 Å². The molecule has 0 amide bonds. The zero-order valence-corrected chi connectivity index (χ0v) is 11.8. The molecule has 0 aromatic carbocycles. The number of aromatic nitrogens is 1. The van der Waals surface area contributed by atoms with Crippen LogP contribution in [0.1, 0.15) is 55.1 Å². The fourth-order valence-corrected chi connectivity index (χ4v) is 2.81. The van der Waals surface area contributed by atoms with Gasteiger partial charge >= 0.3 is 0 Å². The van der Waals surface area contributed by atoms with Crippen molar-refractivity contribution < 1.29 is 4.74 Å². The van der Waals surface area contributed by atoms with Crippen LogP contribution in [-0.4, -0.2) is 17.6 Å². The van der Waals surface area contributed by atoms with E-state index in [-0.39, 0.29) is 0 Å². The van der Waals surface area contributed by atoms with Crippen LogP contribution in [0.4, 0.5) is 0 Å². The average Bonchev–Trinajstić information content (AvgIpc) is 3.05. The first-order chi connectivity index (χ1) is 8.20. The van der Waals surface area contributed by atoms with Crippen LogP contribution in [0.5, 0.6) is 0 Å². The van der Waals surface area contributed by atoms with E-state index in [4.69, 9.17) is 9.72 Å². The van der Waals surface area contributed by atoms with E-state index in [0.29, 0.717) is 12.6 Å². The number of nitrogens with zero attached hydrogens (tertiary/aromatic N) is 1. The molecule has 1 N–H and O–H groups in total. The minimum Gasteiger partial charge on any atom is -0.375 e. The highest BCUT2D eigenvalue weighted by Gasteiger charge is 2.29. The number of nitrogens with one attached hydrogen (secondary N) is 1. The molecule has 0 spiro atoms. The molecule has 1 heterocycles. The summed E-state index contributed by atoms with van der Waals surface area (Å²) in [4.78, 5) is 6.15. The van der Waals surface area contributed by atoms with Crippen LogP contribution >= 0.6 is 11.3 Å². The van der Waals surface area contributed by atoms with Crippen LogP contribution < -0.4 is 5.32 Å². The number of hydrogen-bond donors (Lipinski definition) is 1. The molecule has 1 aromatic heterocycles. The van der Waals surface area contributed by atoms with Gasteiger partial charge in [-0.3, -0.25) is 0 Å². The summed E-state index contributed by atoms with van der Waals surface area (Å²) in [5.41, 5.74) is 1.33. The molecule has 0 aliphatic heterocycles. The molecule has 0 bridgehead atoms. The zero-order valence-electron chi connectivity index (χ0n) is 11.0. The van der Waals surface area contributed by atoms with Crippen molar-refractivity contribution in [1.29, 1.82) is 0 Å². The summed E-state index contributed by atoms with van der Waals surface area (Å²) >= 11 is 1.81. The van der Waals surface area contributed by atoms with Crippen molar-refractivity contribution >= 4 is 11.3 Å². The molecule has 1 aromatic rings. The Morgan fingerprint density at radius 1 is 1.47 bits per heavy atom. The molecule has 1 fully saturated rings. The predicted molar refractivity (Wildman–Crippen MR) is 71.4 cm³/mol. The van der Waals surface area contributed by atoms with E-state index in [9.17, 15) is 0 Å². The molecule has 17 heavy (non-hydrogen) atoms. The van der Waals surface area contributed by atoms with Gasteiger partial charge in [0.2, 0.25) is 0 Å². The largest absolute Gasteiger partial charge is 0.375 e. The standard InChI is InChI=1S/C13H22N2OS/c1-4-16-8-12-15-13(10-5-6-10)11(17-12)7-14-9(2)3/h9-10,14H,4-8H2,1-3H3. The molecule has 0 atom stereocenters. The fraction of sp³-hybridized carbons (Fsp3) is 0.769. The smallest absolute Gasteiger partial charge is 0.119 e. The lowest BCUT2D eigenvalue weighted by atomic mass is 10.2. The van der Waals surface area contributed by atoms with E-state index in [1.807, 2.05) is 18.3 Å². The van der Waals surface area contributed by atoms with Crippen molar-refractivity contribution in [1.82, 2.24) is 10.3 Å². The maximum absolute atomic E-state index is 5.44. The highest BCUT2D eigenvalue weighted by molar-refractivity contribution is 7.11. The van der Waals surface area contributed by atoms with Crippen LogP contribution in [0.3, 0.4) is 0 Å². The van der Waals surface area contributed by atoms with Crippen LogP contribution in [0.25, 0.3) is 0 Å². The molecule has 1 aliphatic rings. The zero-order chi connectivity index (χ0) is 12.3. The van der Waals surface area contributed by atoms with E-state index in [0.717, 1.165) is 24.1 Å². The first-order valence-corrected chi connectivity index (χ1v) is 7.32. The van der Waals surface area contributed by atoms with E-state index in [1.165, 1.54) is 23.4 Å². The molecule has 1 saturated carbocycles. The van der Waals surface area contributed by atoms with Gasteiger partial charge in [-0.2, -0.15) is 0 Å². The van der Waals surface area contributed by atoms with Gasteiger partial charge in [0.05, 0.1) is 12.3 Å². The van der Waals surface area contributed by atoms with Crippen molar-refractivity contribution in [3.8, 4) is 0 Å². The molecule has 4 heteroatoms. The van der Waals surface area contributed by atoms with Gasteiger partial charge in [-0.1, -0.05) is 13.8 Å². The van der Waals surface area contributed by atoms with Gasteiger partial charge in [-0.15, -0.1) is 11.3 Å². The number of hydrogen-bond acceptors (Lipinski definition) is 4. The maximum atomic E-state index is 5.44. The predicted octanol–water partition coefficient (Wildman–Crippen LogP) is 3.06. The molecule has 3 nitrogen and oxygen atoms in total. The maximum Gasteiger partial charge on any atom is 0.119 e. The summed E-state index contributed by atoms with van der Waals surface area (Å²) in [6.07, 6.45) is 2.62. The first kappa shape index (κ1) is 13.0. The Balaban J connectivity index is 2.02. The van der Waals surface area contributed by atoms with Crippen molar-refractivity contribution in [2.24, 2.45) is 0 Å². The summed E-state index contributed by atoms with van der Waals surface area (Å²) in [6, 6.07) is 0.527. The molecule has 1 aliphatic carbocycles. The quantitative estimate of drug-likeness (QED) is 0.812. The van der Waals surface area contributed by atoms with Crippen molar-refractivity contribution in [3.05, 3.63) is 15.6 Å². The molecule has 2 rings (SSSR count). The van der Waals surface area contributed by atoms with Crippen LogP contribution in [0.15, 0.2) is 0 Å². The second kappa shape index (κ2) is 5.94. The van der Waals surface area contributed by atoms with E-state index >= 15 is 0 Å². The Bertz CT molecular complexity index is 358. The Kier molecular flexibility index (Phi) is 4.54. The van der Waals surface area contributed by atoms with Gasteiger partial charge in [0.25, 0.3) is 0 Å². The molecular weight excluding hydrogens is 232 g/mol. The summed E-state index contributed by atoms with van der Waals surface area (Å²) in [6.45, 7) is 8.77. The SMILES string of the molecule is CCOCc1nc(C2CC2)c(CNC(C)C)s1. The van der Waals surface area contributed by atoms with Gasteiger partial charge in [-0.25, -0.2) is 4.98 Å².